The number of hydrogen-bond donors (Lipinski definition) is 1. The molecule has 0 atom stereocenters. The van der Waals surface area contributed by atoms with Gasteiger partial charge in [-0.2, -0.15) is 0 Å². The molecule has 2 aromatic rings. The Labute approximate surface area is 109 Å². The number of hydrogen-bond acceptors (Lipinski definition) is 1. The predicted octanol–water partition coefficient (Wildman–Crippen LogP) is 4.71. The first-order valence-electron chi connectivity index (χ1n) is 4.98. The number of anilines is 1. The van der Waals surface area contributed by atoms with Crippen LogP contribution in [0.25, 0.3) is 0 Å². The highest BCUT2D eigenvalue weighted by molar-refractivity contribution is 9.10. The molecule has 82 valence electrons. The van der Waals surface area contributed by atoms with Crippen molar-refractivity contribution in [1.29, 1.82) is 0 Å². The second-order valence-corrected chi connectivity index (χ2v) is 4.84. The molecule has 0 radical (unpaired) electrons. The quantitative estimate of drug-likeness (QED) is 0.864. The predicted molar refractivity (Wildman–Crippen MR) is 72.9 cm³/mol. The van der Waals surface area contributed by atoms with Gasteiger partial charge in [0.1, 0.15) is 0 Å². The van der Waals surface area contributed by atoms with Gasteiger partial charge in [-0.3, -0.25) is 0 Å². The smallest absolute Gasteiger partial charge is 0.0407 e. The molecule has 0 spiro atoms. The lowest BCUT2D eigenvalue weighted by Gasteiger charge is -2.06. The molecule has 1 nitrogen and oxygen atoms in total. The van der Waals surface area contributed by atoms with E-state index in [0.717, 1.165) is 21.7 Å². The van der Waals surface area contributed by atoms with Crippen molar-refractivity contribution >= 4 is 33.2 Å². The van der Waals surface area contributed by atoms with Crippen molar-refractivity contribution in [2.24, 2.45) is 0 Å². The van der Waals surface area contributed by atoms with Gasteiger partial charge in [0.15, 0.2) is 0 Å². The highest BCUT2D eigenvalue weighted by Crippen LogP contribution is 2.15. The summed E-state index contributed by atoms with van der Waals surface area (Å²) in [6, 6.07) is 16.0. The Morgan fingerprint density at radius 2 is 1.56 bits per heavy atom. The maximum Gasteiger partial charge on any atom is 0.0407 e. The first kappa shape index (κ1) is 11.5. The van der Waals surface area contributed by atoms with Gasteiger partial charge in [0.25, 0.3) is 0 Å². The van der Waals surface area contributed by atoms with Gasteiger partial charge in [-0.1, -0.05) is 39.7 Å². The Balaban J connectivity index is 1.97. The van der Waals surface area contributed by atoms with Crippen LogP contribution in [-0.4, -0.2) is 0 Å². The Morgan fingerprint density at radius 3 is 2.19 bits per heavy atom. The Hall–Kier alpha value is -0.990. The fourth-order valence-electron chi connectivity index (χ4n) is 1.37. The second-order valence-electron chi connectivity index (χ2n) is 3.49. The third kappa shape index (κ3) is 3.26. The summed E-state index contributed by atoms with van der Waals surface area (Å²) in [4.78, 5) is 0. The summed E-state index contributed by atoms with van der Waals surface area (Å²) in [5, 5.41) is 4.09. The van der Waals surface area contributed by atoms with Crippen molar-refractivity contribution < 1.29 is 0 Å². The molecule has 0 aliphatic heterocycles. The van der Waals surface area contributed by atoms with Crippen LogP contribution in [0.4, 0.5) is 5.69 Å². The summed E-state index contributed by atoms with van der Waals surface area (Å²) in [5.41, 5.74) is 2.32. The van der Waals surface area contributed by atoms with E-state index in [2.05, 4.69) is 33.4 Å². The van der Waals surface area contributed by atoms with Crippen molar-refractivity contribution in [3.8, 4) is 0 Å². The largest absolute Gasteiger partial charge is 0.381 e. The summed E-state index contributed by atoms with van der Waals surface area (Å²) < 4.78 is 1.10. The first-order valence-corrected chi connectivity index (χ1v) is 6.15. The minimum absolute atomic E-state index is 0.759. The molecule has 0 saturated heterocycles. The van der Waals surface area contributed by atoms with Crippen LogP contribution in [0.1, 0.15) is 5.56 Å². The highest BCUT2D eigenvalue weighted by atomic mass is 79.9. The molecule has 0 amide bonds. The summed E-state index contributed by atoms with van der Waals surface area (Å²) in [7, 11) is 0. The maximum atomic E-state index is 5.81. The van der Waals surface area contributed by atoms with Gasteiger partial charge in [0.05, 0.1) is 0 Å². The molecule has 0 aromatic heterocycles. The minimum Gasteiger partial charge on any atom is -0.381 e. The molecule has 2 aromatic carbocycles. The van der Waals surface area contributed by atoms with E-state index >= 15 is 0 Å². The molecular formula is C13H11BrClN. The topological polar surface area (TPSA) is 12.0 Å². The molecule has 0 saturated carbocycles. The van der Waals surface area contributed by atoms with E-state index in [1.165, 1.54) is 5.56 Å². The van der Waals surface area contributed by atoms with Crippen molar-refractivity contribution in [2.75, 3.05) is 5.32 Å². The van der Waals surface area contributed by atoms with E-state index in [0.29, 0.717) is 0 Å². The maximum absolute atomic E-state index is 5.81. The van der Waals surface area contributed by atoms with Crippen LogP contribution in [0, 0.1) is 0 Å². The number of nitrogens with one attached hydrogen (secondary N) is 1. The van der Waals surface area contributed by atoms with Crippen LogP contribution < -0.4 is 5.32 Å². The van der Waals surface area contributed by atoms with Crippen LogP contribution in [0.5, 0.6) is 0 Å². The Morgan fingerprint density at radius 1 is 0.938 bits per heavy atom. The van der Waals surface area contributed by atoms with Gasteiger partial charge in [0, 0.05) is 21.7 Å². The zero-order chi connectivity index (χ0) is 11.4. The molecule has 3 heteroatoms. The minimum atomic E-state index is 0.759. The van der Waals surface area contributed by atoms with Gasteiger partial charge < -0.3 is 5.32 Å². The third-order valence-corrected chi connectivity index (χ3v) is 3.03. The van der Waals surface area contributed by atoms with Crippen molar-refractivity contribution in [1.82, 2.24) is 0 Å². The van der Waals surface area contributed by atoms with E-state index < -0.39 is 0 Å². The van der Waals surface area contributed by atoms with Crippen LogP contribution in [0.3, 0.4) is 0 Å². The molecule has 0 aliphatic rings. The number of halogens is 2. The van der Waals surface area contributed by atoms with Gasteiger partial charge in [-0.25, -0.2) is 0 Å². The molecule has 0 fully saturated rings. The van der Waals surface area contributed by atoms with Crippen molar-refractivity contribution in [2.45, 2.75) is 6.54 Å². The van der Waals surface area contributed by atoms with Gasteiger partial charge >= 0.3 is 0 Å². The van der Waals surface area contributed by atoms with Crippen LogP contribution in [0.15, 0.2) is 53.0 Å². The zero-order valence-corrected chi connectivity index (χ0v) is 10.9. The Bertz CT molecular complexity index is 405. The number of benzene rings is 2. The standard InChI is InChI=1S/C13H11BrClN/c14-11-3-1-10(2-4-11)9-16-13-7-5-12(15)6-8-13/h1-8,16H,9H2. The molecule has 0 aliphatic carbocycles. The summed E-state index contributed by atoms with van der Waals surface area (Å²) in [6.45, 7) is 0.814. The monoisotopic (exact) mass is 295 g/mol. The van der Waals surface area contributed by atoms with E-state index in [9.17, 15) is 0 Å². The lowest BCUT2D eigenvalue weighted by molar-refractivity contribution is 1.15. The van der Waals surface area contributed by atoms with Gasteiger partial charge in [0.2, 0.25) is 0 Å². The highest BCUT2D eigenvalue weighted by Gasteiger charge is 1.94. The average molecular weight is 297 g/mol. The fraction of sp³-hybridized carbons (Fsp3) is 0.0769. The fourth-order valence-corrected chi connectivity index (χ4v) is 1.76. The number of rotatable bonds is 3. The van der Waals surface area contributed by atoms with Crippen LogP contribution >= 0.6 is 27.5 Å². The van der Waals surface area contributed by atoms with Gasteiger partial charge in [-0.15, -0.1) is 0 Å². The zero-order valence-electron chi connectivity index (χ0n) is 8.58. The first-order chi connectivity index (χ1) is 7.74. The normalized spacial score (nSPS) is 10.1. The van der Waals surface area contributed by atoms with Crippen LogP contribution in [-0.2, 0) is 6.54 Å². The lowest BCUT2D eigenvalue weighted by atomic mass is 10.2. The summed E-state index contributed by atoms with van der Waals surface area (Å²) in [5.74, 6) is 0. The SMILES string of the molecule is Clc1ccc(NCc2ccc(Br)cc2)cc1. The second kappa shape index (κ2) is 5.37. The molecule has 0 heterocycles. The molecular weight excluding hydrogens is 286 g/mol. The average Bonchev–Trinajstić information content (AvgIpc) is 2.30. The van der Waals surface area contributed by atoms with Crippen LogP contribution in [0.2, 0.25) is 5.02 Å². The molecule has 16 heavy (non-hydrogen) atoms. The van der Waals surface area contributed by atoms with E-state index in [1.807, 2.05) is 36.4 Å². The molecule has 0 unspecified atom stereocenters. The lowest BCUT2D eigenvalue weighted by Crippen LogP contribution is -1.98. The van der Waals surface area contributed by atoms with Gasteiger partial charge in [-0.05, 0) is 42.0 Å². The molecule has 2 rings (SSSR count). The van der Waals surface area contributed by atoms with Crippen molar-refractivity contribution in [3.05, 3.63) is 63.6 Å². The summed E-state index contributed by atoms with van der Waals surface area (Å²) in [6.07, 6.45) is 0. The molecule has 0 bridgehead atoms. The van der Waals surface area contributed by atoms with E-state index in [1.54, 1.807) is 0 Å². The Kier molecular flexibility index (Phi) is 3.86. The summed E-state index contributed by atoms with van der Waals surface area (Å²) >= 11 is 9.23. The van der Waals surface area contributed by atoms with Crippen molar-refractivity contribution in [3.63, 3.8) is 0 Å². The third-order valence-electron chi connectivity index (χ3n) is 2.25. The van der Waals surface area contributed by atoms with E-state index in [4.69, 9.17) is 11.6 Å². The van der Waals surface area contributed by atoms with E-state index in [-0.39, 0.29) is 0 Å². The molecule has 1 N–H and O–H groups in total.